The van der Waals surface area contributed by atoms with Crippen molar-refractivity contribution in [1.82, 2.24) is 9.55 Å². The molecule has 4 heteroatoms. The van der Waals surface area contributed by atoms with E-state index < -0.39 is 0 Å². The first-order valence-corrected chi connectivity index (χ1v) is 7.81. The molecule has 1 aliphatic carbocycles. The van der Waals surface area contributed by atoms with Crippen LogP contribution in [0, 0.1) is 6.92 Å². The summed E-state index contributed by atoms with van der Waals surface area (Å²) in [6.45, 7) is 8.61. The van der Waals surface area contributed by atoms with E-state index >= 15 is 0 Å². The molecule has 0 saturated heterocycles. The van der Waals surface area contributed by atoms with Crippen LogP contribution < -0.4 is 5.73 Å². The van der Waals surface area contributed by atoms with Crippen LogP contribution in [0.3, 0.4) is 0 Å². The zero-order valence-corrected chi connectivity index (χ0v) is 13.8. The fraction of sp³-hybridized carbons (Fsp3) is 0.471. The smallest absolute Gasteiger partial charge is 0.132 e. The van der Waals surface area contributed by atoms with E-state index in [-0.39, 0.29) is 5.41 Å². The van der Waals surface area contributed by atoms with Gasteiger partial charge in [-0.05, 0) is 37.5 Å². The number of aryl methyl sites for hydroxylation is 1. The number of halogens is 1. The maximum absolute atomic E-state index is 6.45. The van der Waals surface area contributed by atoms with Crippen molar-refractivity contribution in [2.75, 3.05) is 5.73 Å². The van der Waals surface area contributed by atoms with Crippen molar-refractivity contribution in [2.45, 2.75) is 52.0 Å². The highest BCUT2D eigenvalue weighted by Crippen LogP contribution is 2.44. The summed E-state index contributed by atoms with van der Waals surface area (Å²) in [5.41, 5.74) is 9.50. The van der Waals surface area contributed by atoms with E-state index in [1.807, 2.05) is 25.1 Å². The Morgan fingerprint density at radius 1 is 1.29 bits per heavy atom. The van der Waals surface area contributed by atoms with Crippen LogP contribution in [-0.4, -0.2) is 9.55 Å². The molecule has 21 heavy (non-hydrogen) atoms. The van der Waals surface area contributed by atoms with Crippen LogP contribution in [0.2, 0.25) is 5.02 Å². The number of nitrogens with two attached hydrogens (primary N) is 1. The molecule has 1 aromatic carbocycles. The van der Waals surface area contributed by atoms with Crippen LogP contribution >= 0.6 is 11.6 Å². The predicted molar refractivity (Wildman–Crippen MR) is 88.8 cm³/mol. The Morgan fingerprint density at radius 2 is 1.95 bits per heavy atom. The van der Waals surface area contributed by atoms with E-state index in [4.69, 9.17) is 22.3 Å². The van der Waals surface area contributed by atoms with Crippen molar-refractivity contribution < 1.29 is 0 Å². The highest BCUT2D eigenvalue weighted by atomic mass is 35.5. The van der Waals surface area contributed by atoms with Crippen LogP contribution in [0.25, 0.3) is 11.3 Å². The molecule has 1 aromatic heterocycles. The lowest BCUT2D eigenvalue weighted by molar-refractivity contribution is 0.504. The van der Waals surface area contributed by atoms with Crippen LogP contribution in [0.1, 0.15) is 51.0 Å². The van der Waals surface area contributed by atoms with E-state index in [2.05, 4.69) is 25.3 Å². The number of imidazole rings is 1. The Balaban J connectivity index is 2.20. The third kappa shape index (κ3) is 2.55. The van der Waals surface area contributed by atoms with E-state index in [1.165, 1.54) is 12.8 Å². The molecule has 0 atom stereocenters. The molecular weight excluding hydrogens is 282 g/mol. The van der Waals surface area contributed by atoms with Gasteiger partial charge in [-0.1, -0.05) is 38.4 Å². The Labute approximate surface area is 131 Å². The number of rotatable bonds is 2. The van der Waals surface area contributed by atoms with Gasteiger partial charge < -0.3 is 10.3 Å². The van der Waals surface area contributed by atoms with Crippen LogP contribution in [0.4, 0.5) is 5.82 Å². The molecule has 1 heterocycles. The first kappa shape index (κ1) is 14.5. The van der Waals surface area contributed by atoms with Crippen LogP contribution in [-0.2, 0) is 5.41 Å². The summed E-state index contributed by atoms with van der Waals surface area (Å²) in [7, 11) is 0. The zero-order chi connectivity index (χ0) is 15.4. The topological polar surface area (TPSA) is 43.8 Å². The average molecular weight is 304 g/mol. The average Bonchev–Trinajstić information content (AvgIpc) is 3.13. The SMILES string of the molecule is Cc1cc(Cl)ccc1-c1nc(C(C)(C)C)n(C2CC2)c1N. The van der Waals surface area contributed by atoms with Crippen LogP contribution in [0.15, 0.2) is 18.2 Å². The lowest BCUT2D eigenvalue weighted by atomic mass is 9.95. The summed E-state index contributed by atoms with van der Waals surface area (Å²) in [6, 6.07) is 6.40. The van der Waals surface area contributed by atoms with Crippen molar-refractivity contribution in [3.8, 4) is 11.3 Å². The second kappa shape index (κ2) is 4.77. The summed E-state index contributed by atoms with van der Waals surface area (Å²) in [4.78, 5) is 4.90. The lowest BCUT2D eigenvalue weighted by Gasteiger charge is -2.20. The molecule has 0 spiro atoms. The number of benzene rings is 1. The number of hydrogen-bond acceptors (Lipinski definition) is 2. The largest absolute Gasteiger partial charge is 0.383 e. The Kier molecular flexibility index (Phi) is 3.28. The summed E-state index contributed by atoms with van der Waals surface area (Å²) in [6.07, 6.45) is 2.39. The van der Waals surface area contributed by atoms with E-state index in [1.54, 1.807) is 0 Å². The van der Waals surface area contributed by atoms with Gasteiger partial charge in [0.1, 0.15) is 17.3 Å². The number of aromatic nitrogens is 2. The first-order valence-electron chi connectivity index (χ1n) is 7.43. The van der Waals surface area contributed by atoms with Gasteiger partial charge in [-0.3, -0.25) is 0 Å². The van der Waals surface area contributed by atoms with Gasteiger partial charge in [0.2, 0.25) is 0 Å². The maximum Gasteiger partial charge on any atom is 0.132 e. The van der Waals surface area contributed by atoms with Gasteiger partial charge in [0.15, 0.2) is 0 Å². The van der Waals surface area contributed by atoms with Gasteiger partial charge in [0.05, 0.1) is 0 Å². The molecule has 0 radical (unpaired) electrons. The molecule has 0 unspecified atom stereocenters. The van der Waals surface area contributed by atoms with Gasteiger partial charge >= 0.3 is 0 Å². The maximum atomic E-state index is 6.45. The number of nitrogen functional groups attached to an aromatic ring is 1. The monoisotopic (exact) mass is 303 g/mol. The van der Waals surface area contributed by atoms with E-state index in [0.29, 0.717) is 6.04 Å². The van der Waals surface area contributed by atoms with Gasteiger partial charge in [-0.15, -0.1) is 0 Å². The Bertz CT molecular complexity index is 691. The van der Waals surface area contributed by atoms with Crippen molar-refractivity contribution >= 4 is 17.4 Å². The molecule has 3 nitrogen and oxygen atoms in total. The first-order chi connectivity index (χ1) is 9.79. The third-order valence-corrected chi connectivity index (χ3v) is 4.21. The molecule has 3 rings (SSSR count). The van der Waals surface area contributed by atoms with Gasteiger partial charge in [-0.2, -0.15) is 0 Å². The van der Waals surface area contributed by atoms with Crippen molar-refractivity contribution in [3.05, 3.63) is 34.6 Å². The summed E-state index contributed by atoms with van der Waals surface area (Å²) < 4.78 is 2.24. The fourth-order valence-corrected chi connectivity index (χ4v) is 2.99. The van der Waals surface area contributed by atoms with E-state index in [9.17, 15) is 0 Å². The minimum absolute atomic E-state index is 0.0186. The lowest BCUT2D eigenvalue weighted by Crippen LogP contribution is -2.19. The molecule has 2 aromatic rings. The molecule has 112 valence electrons. The van der Waals surface area contributed by atoms with Gasteiger partial charge in [0, 0.05) is 22.0 Å². The quantitative estimate of drug-likeness (QED) is 0.872. The molecule has 1 aliphatic rings. The summed E-state index contributed by atoms with van der Waals surface area (Å²) >= 11 is 6.06. The Hall–Kier alpha value is -1.48. The van der Waals surface area contributed by atoms with Crippen LogP contribution in [0.5, 0.6) is 0 Å². The number of anilines is 1. The number of hydrogen-bond donors (Lipinski definition) is 1. The minimum Gasteiger partial charge on any atom is -0.383 e. The van der Waals surface area contributed by atoms with Gasteiger partial charge in [0.25, 0.3) is 0 Å². The summed E-state index contributed by atoms with van der Waals surface area (Å²) in [5.74, 6) is 1.86. The minimum atomic E-state index is -0.0186. The van der Waals surface area contributed by atoms with E-state index in [0.717, 1.165) is 33.5 Å². The van der Waals surface area contributed by atoms with Crippen molar-refractivity contribution in [2.24, 2.45) is 0 Å². The molecule has 1 saturated carbocycles. The molecule has 2 N–H and O–H groups in total. The third-order valence-electron chi connectivity index (χ3n) is 3.97. The fourth-order valence-electron chi connectivity index (χ4n) is 2.77. The second-order valence-electron chi connectivity index (χ2n) is 6.98. The molecule has 0 bridgehead atoms. The van der Waals surface area contributed by atoms with Crippen molar-refractivity contribution in [1.29, 1.82) is 0 Å². The van der Waals surface area contributed by atoms with Crippen molar-refractivity contribution in [3.63, 3.8) is 0 Å². The number of nitrogens with zero attached hydrogens (tertiary/aromatic N) is 2. The molecular formula is C17H22ClN3. The van der Waals surface area contributed by atoms with Gasteiger partial charge in [-0.25, -0.2) is 4.98 Å². The summed E-state index contributed by atoms with van der Waals surface area (Å²) in [5, 5.41) is 0.743. The molecule has 0 amide bonds. The molecule has 1 fully saturated rings. The normalized spacial score (nSPS) is 15.5. The Morgan fingerprint density at radius 3 is 2.48 bits per heavy atom. The predicted octanol–water partition coefficient (Wildman–Crippen LogP) is 4.73. The second-order valence-corrected chi connectivity index (χ2v) is 7.42. The zero-order valence-electron chi connectivity index (χ0n) is 13.1. The highest BCUT2D eigenvalue weighted by Gasteiger charge is 2.34. The molecule has 0 aliphatic heterocycles. The highest BCUT2D eigenvalue weighted by molar-refractivity contribution is 6.30. The standard InChI is InChI=1S/C17H22ClN3/c1-10-9-11(18)5-8-13(10)14-15(19)21(12-6-7-12)16(20-14)17(2,3)4/h5,8-9,12H,6-7,19H2,1-4H3.